The Morgan fingerprint density at radius 3 is 2.41 bits per heavy atom. The Balaban J connectivity index is 1.61. The number of aliphatic hydroxyl groups is 1. The van der Waals surface area contributed by atoms with Gasteiger partial charge in [0.15, 0.2) is 0 Å². The number of carbonyl (C=O) groups is 1. The summed E-state index contributed by atoms with van der Waals surface area (Å²) in [6.45, 7) is 1.35. The second-order valence-electron chi connectivity index (χ2n) is 9.20. The molecule has 1 aliphatic heterocycles. The van der Waals surface area contributed by atoms with E-state index in [1.165, 1.54) is 40.1 Å². The highest BCUT2D eigenvalue weighted by atomic mass is 32.2. The molecule has 0 radical (unpaired) electrons. The number of nitrogens with one attached hydrogen (secondary N) is 1. The minimum absolute atomic E-state index is 0.0654. The van der Waals surface area contributed by atoms with Gasteiger partial charge in [-0.25, -0.2) is 17.3 Å². The van der Waals surface area contributed by atoms with E-state index in [0.717, 1.165) is 6.26 Å². The molecule has 0 saturated carbocycles. The van der Waals surface area contributed by atoms with Crippen molar-refractivity contribution in [2.24, 2.45) is 0 Å². The third kappa shape index (κ3) is 5.18. The molecule has 1 amide bonds. The fourth-order valence-corrected chi connectivity index (χ4v) is 5.55. The van der Waals surface area contributed by atoms with Crippen LogP contribution in [0, 0.1) is 5.82 Å². The van der Waals surface area contributed by atoms with Gasteiger partial charge in [0, 0.05) is 18.2 Å². The van der Waals surface area contributed by atoms with Crippen molar-refractivity contribution in [3.63, 3.8) is 0 Å². The second-order valence-corrected chi connectivity index (χ2v) is 11.1. The molecule has 0 aliphatic carbocycles. The lowest BCUT2D eigenvalue weighted by atomic mass is 10.0. The summed E-state index contributed by atoms with van der Waals surface area (Å²) >= 11 is 0. The minimum atomic E-state index is -3.72. The fourth-order valence-electron chi connectivity index (χ4n) is 4.60. The van der Waals surface area contributed by atoms with Gasteiger partial charge in [-0.3, -0.25) is 9.10 Å². The summed E-state index contributed by atoms with van der Waals surface area (Å²) in [5.74, 6) is 0.245. The predicted molar refractivity (Wildman–Crippen MR) is 143 cm³/mol. The van der Waals surface area contributed by atoms with E-state index in [1.807, 2.05) is 0 Å². The van der Waals surface area contributed by atoms with Crippen LogP contribution in [0.15, 0.2) is 60.8 Å². The lowest BCUT2D eigenvalue weighted by Gasteiger charge is -2.24. The maximum absolute atomic E-state index is 13.2. The Morgan fingerprint density at radius 1 is 1.18 bits per heavy atom. The SMILES string of the molecule is CNC(=O)c1c(-c2ccc(Oc3ccc(F)cc3)cc2)nn2cc3c(cc12)C(C)OC(CO)CN3S(C)(=O)=O. The Kier molecular flexibility index (Phi) is 7.02. The number of aliphatic hydroxyl groups excluding tert-OH is 1. The van der Waals surface area contributed by atoms with Crippen LogP contribution < -0.4 is 14.4 Å². The summed E-state index contributed by atoms with van der Waals surface area (Å²) in [6, 6.07) is 14.3. The van der Waals surface area contributed by atoms with E-state index in [0.29, 0.717) is 45.1 Å². The van der Waals surface area contributed by atoms with Gasteiger partial charge in [-0.05, 0) is 61.5 Å². The van der Waals surface area contributed by atoms with Gasteiger partial charge >= 0.3 is 0 Å². The number of ether oxygens (including phenoxy) is 2. The number of hydrogen-bond acceptors (Lipinski definition) is 7. The van der Waals surface area contributed by atoms with Crippen LogP contribution in [0.2, 0.25) is 0 Å². The molecule has 2 N–H and O–H groups in total. The van der Waals surface area contributed by atoms with Gasteiger partial charge in [-0.1, -0.05) is 0 Å². The highest BCUT2D eigenvalue weighted by molar-refractivity contribution is 7.92. The van der Waals surface area contributed by atoms with Crippen molar-refractivity contribution in [1.29, 1.82) is 0 Å². The topological polar surface area (TPSA) is 122 Å². The Bertz CT molecular complexity index is 1640. The van der Waals surface area contributed by atoms with E-state index in [9.17, 15) is 22.7 Å². The molecule has 5 rings (SSSR count). The molecule has 4 aromatic rings. The maximum atomic E-state index is 13.2. The van der Waals surface area contributed by atoms with Crippen molar-refractivity contribution in [3.8, 4) is 22.8 Å². The number of benzene rings is 2. The Hall–Kier alpha value is -4.00. The molecule has 0 bridgehead atoms. The van der Waals surface area contributed by atoms with Crippen molar-refractivity contribution in [3.05, 3.63) is 77.7 Å². The van der Waals surface area contributed by atoms with Gasteiger partial charge in [0.1, 0.15) is 23.0 Å². The highest BCUT2D eigenvalue weighted by Crippen LogP contribution is 2.38. The predicted octanol–water partition coefficient (Wildman–Crippen LogP) is 3.51. The molecule has 2 aromatic carbocycles. The number of anilines is 1. The van der Waals surface area contributed by atoms with Crippen molar-refractivity contribution in [2.45, 2.75) is 19.1 Å². The van der Waals surface area contributed by atoms with Gasteiger partial charge in [0.2, 0.25) is 10.0 Å². The third-order valence-electron chi connectivity index (χ3n) is 6.49. The van der Waals surface area contributed by atoms with Crippen LogP contribution in [-0.4, -0.2) is 61.6 Å². The number of aromatic nitrogens is 2. The van der Waals surface area contributed by atoms with Crippen LogP contribution in [0.25, 0.3) is 16.8 Å². The number of carbonyl (C=O) groups excluding carboxylic acids is 1. The number of pyridine rings is 1. The van der Waals surface area contributed by atoms with Crippen LogP contribution in [0.5, 0.6) is 11.5 Å². The zero-order valence-electron chi connectivity index (χ0n) is 21.5. The molecule has 3 heterocycles. The molecule has 0 fully saturated rings. The number of hydrogen-bond donors (Lipinski definition) is 2. The Morgan fingerprint density at radius 2 is 1.82 bits per heavy atom. The van der Waals surface area contributed by atoms with E-state index in [1.54, 1.807) is 43.5 Å². The van der Waals surface area contributed by atoms with Gasteiger partial charge in [0.05, 0.1) is 54.6 Å². The van der Waals surface area contributed by atoms with E-state index < -0.39 is 22.2 Å². The molecule has 2 unspecified atom stereocenters. The van der Waals surface area contributed by atoms with Crippen LogP contribution >= 0.6 is 0 Å². The van der Waals surface area contributed by atoms with E-state index in [4.69, 9.17) is 9.47 Å². The van der Waals surface area contributed by atoms with Crippen molar-refractivity contribution in [1.82, 2.24) is 14.9 Å². The molecule has 0 saturated heterocycles. The summed E-state index contributed by atoms with van der Waals surface area (Å²) < 4.78 is 53.0. The first-order chi connectivity index (χ1) is 18.6. The van der Waals surface area contributed by atoms with Crippen LogP contribution in [-0.2, 0) is 14.8 Å². The quantitative estimate of drug-likeness (QED) is 0.374. The molecular formula is C27H27FN4O6S. The summed E-state index contributed by atoms with van der Waals surface area (Å²) in [5.41, 5.74) is 2.67. The largest absolute Gasteiger partial charge is 0.457 e. The summed E-state index contributed by atoms with van der Waals surface area (Å²) in [7, 11) is -2.20. The number of halogens is 1. The van der Waals surface area contributed by atoms with Crippen LogP contribution in [0.4, 0.5) is 10.1 Å². The third-order valence-corrected chi connectivity index (χ3v) is 7.63. The van der Waals surface area contributed by atoms with E-state index in [-0.39, 0.29) is 24.9 Å². The number of sulfonamides is 1. The molecule has 12 heteroatoms. The molecule has 1 aliphatic rings. The zero-order chi connectivity index (χ0) is 27.9. The first-order valence-electron chi connectivity index (χ1n) is 12.1. The van der Waals surface area contributed by atoms with Gasteiger partial charge in [0.25, 0.3) is 5.91 Å². The Labute approximate surface area is 224 Å². The molecule has 204 valence electrons. The molecule has 10 nitrogen and oxygen atoms in total. The molecule has 2 aromatic heterocycles. The van der Waals surface area contributed by atoms with Gasteiger partial charge in [-0.2, -0.15) is 5.10 Å². The van der Waals surface area contributed by atoms with Crippen molar-refractivity contribution in [2.75, 3.05) is 30.8 Å². The first kappa shape index (κ1) is 26.6. The van der Waals surface area contributed by atoms with Crippen LogP contribution in [0.1, 0.15) is 28.9 Å². The first-order valence-corrected chi connectivity index (χ1v) is 14.0. The number of amides is 1. The monoisotopic (exact) mass is 554 g/mol. The number of rotatable bonds is 6. The van der Waals surface area contributed by atoms with Gasteiger partial charge < -0.3 is 19.9 Å². The molecular weight excluding hydrogens is 527 g/mol. The van der Waals surface area contributed by atoms with E-state index in [2.05, 4.69) is 10.4 Å². The van der Waals surface area contributed by atoms with Crippen molar-refractivity contribution < 1.29 is 32.2 Å². The number of nitrogens with zero attached hydrogens (tertiary/aromatic N) is 3. The number of fused-ring (bicyclic) bond motifs is 2. The van der Waals surface area contributed by atoms with Crippen LogP contribution in [0.3, 0.4) is 0 Å². The minimum Gasteiger partial charge on any atom is -0.457 e. The molecule has 39 heavy (non-hydrogen) atoms. The smallest absolute Gasteiger partial charge is 0.255 e. The zero-order valence-corrected chi connectivity index (χ0v) is 22.3. The molecule has 2 atom stereocenters. The second kappa shape index (κ2) is 10.3. The highest BCUT2D eigenvalue weighted by Gasteiger charge is 2.33. The van der Waals surface area contributed by atoms with Crippen molar-refractivity contribution >= 4 is 27.1 Å². The normalized spacial score (nSPS) is 17.5. The standard InChI is InChI=1S/C27H27FN4O6S/c1-16-22-12-23-25(27(34)29-2)26(17-4-8-19(9-5-17)38-20-10-6-18(28)7-11-20)30-31(23)14-24(22)32(39(3,35)36)13-21(15-33)37-16/h4-12,14,16,21,33H,13,15H2,1-3H3,(H,29,34). The van der Waals surface area contributed by atoms with Gasteiger partial charge in [-0.15, -0.1) is 0 Å². The lowest BCUT2D eigenvalue weighted by Crippen LogP contribution is -2.38. The van der Waals surface area contributed by atoms with E-state index >= 15 is 0 Å². The fraction of sp³-hybridized carbons (Fsp3) is 0.259. The summed E-state index contributed by atoms with van der Waals surface area (Å²) in [5, 5.41) is 17.0. The molecule has 0 spiro atoms. The average Bonchev–Trinajstić information content (AvgIpc) is 3.22. The maximum Gasteiger partial charge on any atom is 0.255 e. The summed E-state index contributed by atoms with van der Waals surface area (Å²) in [4.78, 5) is 13.1. The average molecular weight is 555 g/mol. The lowest BCUT2D eigenvalue weighted by molar-refractivity contribution is -0.0227. The summed E-state index contributed by atoms with van der Waals surface area (Å²) in [6.07, 6.45) is 1.37.